The van der Waals surface area contributed by atoms with E-state index in [1.165, 1.54) is 7.11 Å². The van der Waals surface area contributed by atoms with Crippen molar-refractivity contribution in [1.29, 1.82) is 0 Å². The molecule has 0 aliphatic carbocycles. The van der Waals surface area contributed by atoms with Crippen LogP contribution in [0.15, 0.2) is 53.2 Å². The third-order valence-corrected chi connectivity index (χ3v) is 4.92. The number of hydrogen-bond donors (Lipinski definition) is 2. The van der Waals surface area contributed by atoms with Gasteiger partial charge in [-0.1, -0.05) is 35.5 Å². The lowest BCUT2D eigenvalue weighted by Gasteiger charge is -2.12. The molecule has 0 atom stereocenters. The molecule has 2 N–H and O–H groups in total. The highest BCUT2D eigenvalue weighted by Gasteiger charge is 2.23. The van der Waals surface area contributed by atoms with Crippen LogP contribution < -0.4 is 15.4 Å². The zero-order valence-electron chi connectivity index (χ0n) is 18.1. The van der Waals surface area contributed by atoms with Gasteiger partial charge in [0, 0.05) is 24.4 Å². The van der Waals surface area contributed by atoms with E-state index in [4.69, 9.17) is 9.26 Å². The predicted octanol–water partition coefficient (Wildman–Crippen LogP) is 4.11. The van der Waals surface area contributed by atoms with Gasteiger partial charge in [0.25, 0.3) is 5.91 Å². The zero-order chi connectivity index (χ0) is 22.7. The molecular weight excluding hydrogens is 408 g/mol. The lowest BCUT2D eigenvalue weighted by Crippen LogP contribution is -2.14. The molecule has 0 saturated carbocycles. The van der Waals surface area contributed by atoms with Crippen molar-refractivity contribution in [3.63, 3.8) is 0 Å². The Hall–Kier alpha value is -4.27. The molecule has 9 nitrogen and oxygen atoms in total. The van der Waals surface area contributed by atoms with Crippen molar-refractivity contribution in [3.8, 4) is 28.4 Å². The normalized spacial score (nSPS) is 10.6. The summed E-state index contributed by atoms with van der Waals surface area (Å²) >= 11 is 0. The van der Waals surface area contributed by atoms with E-state index in [0.29, 0.717) is 34.3 Å². The summed E-state index contributed by atoms with van der Waals surface area (Å²) in [5.41, 5.74) is 4.20. The lowest BCUT2D eigenvalue weighted by atomic mass is 10.1. The van der Waals surface area contributed by atoms with Gasteiger partial charge in [0.1, 0.15) is 22.7 Å². The van der Waals surface area contributed by atoms with Gasteiger partial charge in [-0.05, 0) is 26.0 Å². The molecule has 162 valence electrons. The molecule has 0 fully saturated rings. The first kappa shape index (κ1) is 21.0. The molecule has 1 amide bonds. The standard InChI is InChI=1S/C23H22N6O3/c1-13-16(12-25-23(24-3)26-13)17-10-11-18(22(28-17)31-4)27-21(30)19-14(2)32-29-20(19)15-8-6-5-7-9-15/h5-12H,1-4H3,(H,27,30)(H,24,25,26). The van der Waals surface area contributed by atoms with Crippen LogP contribution in [0.3, 0.4) is 0 Å². The second-order valence-corrected chi connectivity index (χ2v) is 6.98. The van der Waals surface area contributed by atoms with Gasteiger partial charge in [-0.3, -0.25) is 4.79 Å². The topological polar surface area (TPSA) is 115 Å². The summed E-state index contributed by atoms with van der Waals surface area (Å²) in [6.45, 7) is 3.58. The summed E-state index contributed by atoms with van der Waals surface area (Å²) in [7, 11) is 3.25. The minimum absolute atomic E-state index is 0.267. The number of aromatic nitrogens is 4. The Kier molecular flexibility index (Phi) is 5.80. The van der Waals surface area contributed by atoms with Crippen molar-refractivity contribution in [1.82, 2.24) is 20.1 Å². The first-order valence-electron chi connectivity index (χ1n) is 9.91. The molecule has 0 radical (unpaired) electrons. The monoisotopic (exact) mass is 430 g/mol. The van der Waals surface area contributed by atoms with Crippen LogP contribution in [-0.4, -0.2) is 40.2 Å². The Labute approximate surface area is 184 Å². The number of hydrogen-bond acceptors (Lipinski definition) is 8. The first-order chi connectivity index (χ1) is 15.5. The minimum atomic E-state index is -0.367. The average Bonchev–Trinajstić information content (AvgIpc) is 3.21. The number of carbonyl (C=O) groups excluding carboxylic acids is 1. The Balaban J connectivity index is 1.65. The number of rotatable bonds is 6. The van der Waals surface area contributed by atoms with Crippen molar-refractivity contribution < 1.29 is 14.1 Å². The third-order valence-electron chi connectivity index (χ3n) is 4.92. The number of aryl methyl sites for hydroxylation is 2. The number of benzene rings is 1. The first-order valence-corrected chi connectivity index (χ1v) is 9.91. The predicted molar refractivity (Wildman–Crippen MR) is 121 cm³/mol. The van der Waals surface area contributed by atoms with Gasteiger partial charge < -0.3 is 19.9 Å². The van der Waals surface area contributed by atoms with E-state index in [2.05, 4.69) is 30.7 Å². The number of carbonyl (C=O) groups is 1. The fourth-order valence-corrected chi connectivity index (χ4v) is 3.30. The Morgan fingerprint density at radius 2 is 1.84 bits per heavy atom. The Bertz CT molecular complexity index is 1270. The quantitative estimate of drug-likeness (QED) is 0.470. The van der Waals surface area contributed by atoms with E-state index in [0.717, 1.165) is 16.8 Å². The molecule has 0 unspecified atom stereocenters. The maximum Gasteiger partial charge on any atom is 0.261 e. The van der Waals surface area contributed by atoms with Crippen LogP contribution in [0, 0.1) is 13.8 Å². The van der Waals surface area contributed by atoms with Crippen LogP contribution in [0.2, 0.25) is 0 Å². The minimum Gasteiger partial charge on any atom is -0.479 e. The number of ether oxygens (including phenoxy) is 1. The Morgan fingerprint density at radius 3 is 2.53 bits per heavy atom. The summed E-state index contributed by atoms with van der Waals surface area (Å²) in [6, 6.07) is 12.9. The van der Waals surface area contributed by atoms with Crippen molar-refractivity contribution in [3.05, 3.63) is 65.7 Å². The van der Waals surface area contributed by atoms with Crippen LogP contribution in [0.25, 0.3) is 22.5 Å². The second kappa shape index (κ2) is 8.84. The molecule has 4 aromatic rings. The highest BCUT2D eigenvalue weighted by atomic mass is 16.5. The van der Waals surface area contributed by atoms with Gasteiger partial charge in [-0.25, -0.2) is 15.0 Å². The number of methoxy groups -OCH3 is 1. The van der Waals surface area contributed by atoms with E-state index in [-0.39, 0.29) is 11.8 Å². The van der Waals surface area contributed by atoms with E-state index in [1.54, 1.807) is 32.3 Å². The number of pyridine rings is 1. The smallest absolute Gasteiger partial charge is 0.261 e. The Morgan fingerprint density at radius 1 is 1.06 bits per heavy atom. The van der Waals surface area contributed by atoms with E-state index in [9.17, 15) is 4.79 Å². The largest absolute Gasteiger partial charge is 0.479 e. The highest BCUT2D eigenvalue weighted by Crippen LogP contribution is 2.30. The summed E-state index contributed by atoms with van der Waals surface area (Å²) < 4.78 is 10.7. The molecule has 0 aliphatic heterocycles. The molecule has 3 heterocycles. The fourth-order valence-electron chi connectivity index (χ4n) is 3.30. The van der Waals surface area contributed by atoms with Crippen LogP contribution in [0.1, 0.15) is 21.8 Å². The molecule has 9 heteroatoms. The van der Waals surface area contributed by atoms with Crippen molar-refractivity contribution in [2.45, 2.75) is 13.8 Å². The fraction of sp³-hybridized carbons (Fsp3) is 0.174. The van der Waals surface area contributed by atoms with Crippen LogP contribution in [-0.2, 0) is 0 Å². The molecular formula is C23H22N6O3. The summed E-state index contributed by atoms with van der Waals surface area (Å²) in [5, 5.41) is 9.83. The zero-order valence-corrected chi connectivity index (χ0v) is 18.1. The van der Waals surface area contributed by atoms with Gasteiger partial charge in [-0.15, -0.1) is 0 Å². The highest BCUT2D eigenvalue weighted by molar-refractivity contribution is 6.09. The molecule has 3 aromatic heterocycles. The SMILES string of the molecule is CNc1ncc(-c2ccc(NC(=O)c3c(-c4ccccc4)noc3C)c(OC)n2)c(C)n1. The van der Waals surface area contributed by atoms with Gasteiger partial charge in [0.2, 0.25) is 11.8 Å². The van der Waals surface area contributed by atoms with Crippen LogP contribution >= 0.6 is 0 Å². The average molecular weight is 430 g/mol. The van der Waals surface area contributed by atoms with Gasteiger partial charge in [0.15, 0.2) is 0 Å². The third kappa shape index (κ3) is 4.00. The molecule has 32 heavy (non-hydrogen) atoms. The van der Waals surface area contributed by atoms with E-state index in [1.807, 2.05) is 37.3 Å². The maximum atomic E-state index is 13.1. The van der Waals surface area contributed by atoms with E-state index < -0.39 is 0 Å². The number of nitrogens with zero attached hydrogens (tertiary/aromatic N) is 4. The number of amides is 1. The molecule has 0 bridgehead atoms. The van der Waals surface area contributed by atoms with Crippen LogP contribution in [0.5, 0.6) is 5.88 Å². The summed E-state index contributed by atoms with van der Waals surface area (Å²) in [4.78, 5) is 26.3. The van der Waals surface area contributed by atoms with Crippen molar-refractivity contribution in [2.75, 3.05) is 24.8 Å². The number of anilines is 2. The van der Waals surface area contributed by atoms with Gasteiger partial charge >= 0.3 is 0 Å². The van der Waals surface area contributed by atoms with Gasteiger partial charge in [-0.2, -0.15) is 0 Å². The molecule has 4 rings (SSSR count). The van der Waals surface area contributed by atoms with Crippen LogP contribution in [0.4, 0.5) is 11.6 Å². The van der Waals surface area contributed by atoms with Crippen molar-refractivity contribution in [2.24, 2.45) is 0 Å². The lowest BCUT2D eigenvalue weighted by molar-refractivity contribution is 0.102. The summed E-state index contributed by atoms with van der Waals surface area (Å²) in [5.74, 6) is 0.847. The molecule has 0 aliphatic rings. The summed E-state index contributed by atoms with van der Waals surface area (Å²) in [6.07, 6.45) is 1.70. The van der Waals surface area contributed by atoms with Gasteiger partial charge in [0.05, 0.1) is 18.5 Å². The number of nitrogens with one attached hydrogen (secondary N) is 2. The van der Waals surface area contributed by atoms with E-state index >= 15 is 0 Å². The van der Waals surface area contributed by atoms with Crippen molar-refractivity contribution >= 4 is 17.5 Å². The maximum absolute atomic E-state index is 13.1. The molecule has 1 aromatic carbocycles. The molecule has 0 spiro atoms. The molecule has 0 saturated heterocycles. The second-order valence-electron chi connectivity index (χ2n) is 6.98.